The minimum atomic E-state index is -4.54. The number of morpholine rings is 1. The van der Waals surface area contributed by atoms with Gasteiger partial charge in [-0.1, -0.05) is 24.3 Å². The summed E-state index contributed by atoms with van der Waals surface area (Å²) in [4.78, 5) is 41.1. The van der Waals surface area contributed by atoms with E-state index in [9.17, 15) is 27.6 Å². The minimum absolute atomic E-state index is 0.0906. The maximum atomic E-state index is 13.3. The second-order valence-corrected chi connectivity index (χ2v) is 7.04. The van der Waals surface area contributed by atoms with Gasteiger partial charge in [-0.3, -0.25) is 19.3 Å². The van der Waals surface area contributed by atoms with Crippen LogP contribution in [0, 0.1) is 0 Å². The fourth-order valence-corrected chi connectivity index (χ4v) is 3.80. The van der Waals surface area contributed by atoms with Crippen LogP contribution in [0.4, 0.5) is 13.2 Å². The van der Waals surface area contributed by atoms with Crippen molar-refractivity contribution in [3.8, 4) is 0 Å². The Bertz CT molecular complexity index is 977. The molecule has 156 valence electrons. The molecule has 0 saturated carbocycles. The summed E-state index contributed by atoms with van der Waals surface area (Å²) in [5, 5.41) is 2.53. The molecule has 1 heterocycles. The van der Waals surface area contributed by atoms with Gasteiger partial charge in [0.1, 0.15) is 0 Å². The van der Waals surface area contributed by atoms with Gasteiger partial charge in [-0.2, -0.15) is 13.2 Å². The van der Waals surface area contributed by atoms with Crippen molar-refractivity contribution in [1.29, 1.82) is 0 Å². The van der Waals surface area contributed by atoms with Gasteiger partial charge in [0.25, 0.3) is 5.91 Å². The molecule has 2 aliphatic rings. The third kappa shape index (κ3) is 3.20. The van der Waals surface area contributed by atoms with Crippen LogP contribution in [0.5, 0.6) is 0 Å². The predicted molar refractivity (Wildman–Crippen MR) is 99.1 cm³/mol. The first-order chi connectivity index (χ1) is 14.2. The van der Waals surface area contributed by atoms with Gasteiger partial charge in [0, 0.05) is 29.8 Å². The van der Waals surface area contributed by atoms with Gasteiger partial charge >= 0.3 is 6.18 Å². The van der Waals surface area contributed by atoms with E-state index in [1.54, 1.807) is 17.0 Å². The van der Waals surface area contributed by atoms with Crippen LogP contribution in [0.1, 0.15) is 36.6 Å². The third-order valence-corrected chi connectivity index (χ3v) is 5.33. The molecule has 1 aliphatic heterocycles. The molecule has 0 atom stereocenters. The molecule has 6 nitrogen and oxygen atoms in total. The summed E-state index contributed by atoms with van der Waals surface area (Å²) in [5.74, 6) is -1.94. The molecule has 0 radical (unpaired) electrons. The van der Waals surface area contributed by atoms with E-state index in [0.717, 1.165) is 24.3 Å². The normalized spacial score (nSPS) is 18.9. The van der Waals surface area contributed by atoms with Crippen molar-refractivity contribution < 1.29 is 32.3 Å². The van der Waals surface area contributed by atoms with E-state index in [-0.39, 0.29) is 43.0 Å². The number of nitrogens with one attached hydrogen (secondary N) is 1. The smallest absolute Gasteiger partial charge is 0.379 e. The van der Waals surface area contributed by atoms with Crippen LogP contribution >= 0.6 is 0 Å². The van der Waals surface area contributed by atoms with Crippen molar-refractivity contribution >= 4 is 17.5 Å². The average Bonchev–Trinajstić information content (AvgIpc) is 2.96. The lowest BCUT2D eigenvalue weighted by Crippen LogP contribution is -2.69. The highest BCUT2D eigenvalue weighted by atomic mass is 19.4. The molecule has 0 unspecified atom stereocenters. The topological polar surface area (TPSA) is 75.7 Å². The second kappa shape index (κ2) is 7.33. The molecule has 1 fully saturated rings. The number of ether oxygens (including phenoxy) is 1. The average molecular weight is 418 g/mol. The van der Waals surface area contributed by atoms with E-state index in [1.165, 1.54) is 12.1 Å². The molecule has 1 amide bonds. The molecule has 1 saturated heterocycles. The zero-order valence-electron chi connectivity index (χ0n) is 15.7. The van der Waals surface area contributed by atoms with Crippen molar-refractivity contribution in [3.63, 3.8) is 0 Å². The van der Waals surface area contributed by atoms with Gasteiger partial charge in [-0.25, -0.2) is 0 Å². The molecule has 1 N–H and O–H groups in total. The maximum Gasteiger partial charge on any atom is 0.416 e. The number of halogens is 3. The number of amides is 1. The molecule has 9 heteroatoms. The number of rotatable bonds is 3. The Morgan fingerprint density at radius 3 is 1.97 bits per heavy atom. The minimum Gasteiger partial charge on any atom is -0.379 e. The van der Waals surface area contributed by atoms with Gasteiger partial charge in [0.15, 0.2) is 0 Å². The molecule has 1 aliphatic carbocycles. The molecule has 2 aromatic carbocycles. The van der Waals surface area contributed by atoms with Gasteiger partial charge in [0.2, 0.25) is 17.2 Å². The second-order valence-electron chi connectivity index (χ2n) is 7.04. The van der Waals surface area contributed by atoms with E-state index >= 15 is 0 Å². The van der Waals surface area contributed by atoms with Crippen molar-refractivity contribution in [2.45, 2.75) is 11.8 Å². The summed E-state index contributed by atoms with van der Waals surface area (Å²) in [6.45, 7) is 1.02. The Morgan fingerprint density at radius 2 is 1.47 bits per heavy atom. The first kappa shape index (κ1) is 20.2. The number of benzene rings is 2. The summed E-state index contributed by atoms with van der Waals surface area (Å²) in [6.07, 6.45) is -4.54. The van der Waals surface area contributed by atoms with Gasteiger partial charge in [-0.05, 0) is 24.3 Å². The molecule has 2 aromatic rings. The van der Waals surface area contributed by atoms with Crippen molar-refractivity contribution in [2.24, 2.45) is 0 Å². The Balaban J connectivity index is 1.71. The van der Waals surface area contributed by atoms with Crippen LogP contribution in [-0.4, -0.2) is 54.3 Å². The number of nitrogens with zero attached hydrogens (tertiary/aromatic N) is 1. The van der Waals surface area contributed by atoms with E-state index in [4.69, 9.17) is 4.74 Å². The summed E-state index contributed by atoms with van der Waals surface area (Å²) >= 11 is 0. The monoisotopic (exact) mass is 418 g/mol. The van der Waals surface area contributed by atoms with Gasteiger partial charge in [-0.15, -0.1) is 0 Å². The third-order valence-electron chi connectivity index (χ3n) is 5.33. The molecular weight excluding hydrogens is 401 g/mol. The molecule has 0 aromatic heterocycles. The predicted octanol–water partition coefficient (Wildman–Crippen LogP) is 2.54. The number of hydrogen-bond acceptors (Lipinski definition) is 5. The standard InChI is InChI=1S/C21H17F3N2O4/c22-21(23,24)14-7-5-13(6-8-14)19(29)25-20(26-9-11-30-12-10-26)17(27)15-3-1-2-4-16(15)18(20)28/h1-8H,9-12H2,(H,25,29). The van der Waals surface area contributed by atoms with Gasteiger partial charge < -0.3 is 10.1 Å². The number of alkyl halides is 3. The fourth-order valence-electron chi connectivity index (χ4n) is 3.80. The molecule has 0 spiro atoms. The van der Waals surface area contributed by atoms with E-state index in [0.29, 0.717) is 0 Å². The van der Waals surface area contributed by atoms with E-state index in [1.807, 2.05) is 0 Å². The Morgan fingerprint density at radius 1 is 0.933 bits per heavy atom. The summed E-state index contributed by atoms with van der Waals surface area (Å²) in [5.41, 5.74) is -2.55. The van der Waals surface area contributed by atoms with Gasteiger partial charge in [0.05, 0.1) is 18.8 Å². The van der Waals surface area contributed by atoms with E-state index in [2.05, 4.69) is 5.32 Å². The Kier molecular flexibility index (Phi) is 4.95. The lowest BCUT2D eigenvalue weighted by Gasteiger charge is -2.40. The summed E-state index contributed by atoms with van der Waals surface area (Å²) in [7, 11) is 0. The maximum absolute atomic E-state index is 13.3. The number of carbonyl (C=O) groups is 3. The fraction of sp³-hybridized carbons (Fsp3) is 0.286. The van der Waals surface area contributed by atoms with Crippen LogP contribution in [0.25, 0.3) is 0 Å². The lowest BCUT2D eigenvalue weighted by molar-refractivity contribution is -0.137. The highest BCUT2D eigenvalue weighted by molar-refractivity contribution is 6.33. The zero-order chi connectivity index (χ0) is 21.5. The lowest BCUT2D eigenvalue weighted by atomic mass is 9.99. The molecule has 30 heavy (non-hydrogen) atoms. The molecule has 4 rings (SSSR count). The van der Waals surface area contributed by atoms with Crippen molar-refractivity contribution in [3.05, 3.63) is 70.8 Å². The van der Waals surface area contributed by atoms with Crippen LogP contribution in [0.2, 0.25) is 0 Å². The number of carbonyl (C=O) groups excluding carboxylic acids is 3. The highest BCUT2D eigenvalue weighted by Gasteiger charge is 2.58. The number of fused-ring (bicyclic) bond motifs is 1. The van der Waals surface area contributed by atoms with Crippen LogP contribution in [0.15, 0.2) is 48.5 Å². The largest absolute Gasteiger partial charge is 0.416 e. The number of Topliss-reactive ketones (excluding diaryl/α,β-unsaturated/α-hetero) is 2. The van der Waals surface area contributed by atoms with Crippen molar-refractivity contribution in [1.82, 2.24) is 10.2 Å². The highest BCUT2D eigenvalue weighted by Crippen LogP contribution is 2.34. The van der Waals surface area contributed by atoms with E-state index < -0.39 is 34.9 Å². The van der Waals surface area contributed by atoms with Crippen LogP contribution in [-0.2, 0) is 10.9 Å². The SMILES string of the molecule is O=C(NC1(N2CCOCC2)C(=O)c2ccccc2C1=O)c1ccc(C(F)(F)F)cc1. The summed E-state index contributed by atoms with van der Waals surface area (Å²) in [6, 6.07) is 9.87. The van der Waals surface area contributed by atoms with Crippen molar-refractivity contribution in [2.75, 3.05) is 26.3 Å². The zero-order valence-corrected chi connectivity index (χ0v) is 15.7. The first-order valence-electron chi connectivity index (χ1n) is 9.26. The van der Waals surface area contributed by atoms with Crippen LogP contribution in [0.3, 0.4) is 0 Å². The molecular formula is C21H17F3N2O4. The number of hydrogen-bond donors (Lipinski definition) is 1. The Hall–Kier alpha value is -3.04. The number of ketones is 2. The summed E-state index contributed by atoms with van der Waals surface area (Å²) < 4.78 is 43.7. The quantitative estimate of drug-likeness (QED) is 0.776. The Labute approximate surface area is 169 Å². The first-order valence-corrected chi connectivity index (χ1v) is 9.26. The van der Waals surface area contributed by atoms with Crippen LogP contribution < -0.4 is 5.32 Å². The molecule has 0 bridgehead atoms.